The van der Waals surface area contributed by atoms with Gasteiger partial charge in [0.2, 0.25) is 10.0 Å². The molecule has 0 unspecified atom stereocenters. The first kappa shape index (κ1) is 18.6. The van der Waals surface area contributed by atoms with Crippen molar-refractivity contribution in [2.45, 2.75) is 25.2 Å². The second kappa shape index (κ2) is 8.41. The van der Waals surface area contributed by atoms with Gasteiger partial charge in [0, 0.05) is 25.4 Å². The second-order valence-electron chi connectivity index (χ2n) is 5.66. The quantitative estimate of drug-likeness (QED) is 0.703. The van der Waals surface area contributed by atoms with E-state index in [0.717, 1.165) is 31.6 Å². The number of hydrogen-bond acceptors (Lipinski definition) is 4. The number of nitrogens with zero attached hydrogens (tertiary/aromatic N) is 3. The molecule has 0 saturated carbocycles. The van der Waals surface area contributed by atoms with E-state index in [1.165, 1.54) is 4.68 Å². The first-order valence-electron chi connectivity index (χ1n) is 8.29. The van der Waals surface area contributed by atoms with Crippen LogP contribution in [0.5, 0.6) is 0 Å². The van der Waals surface area contributed by atoms with Crippen LogP contribution in [0.15, 0.2) is 41.4 Å². The lowest BCUT2D eigenvalue weighted by atomic mass is 10.2. The van der Waals surface area contributed by atoms with Crippen molar-refractivity contribution in [1.29, 1.82) is 0 Å². The van der Waals surface area contributed by atoms with Crippen LogP contribution < -0.4 is 4.72 Å². The Hall–Kier alpha value is -1.70. The molecule has 6 nitrogen and oxygen atoms in total. The minimum absolute atomic E-state index is 0.221. The molecule has 0 fully saturated rings. The zero-order chi connectivity index (χ0) is 17.6. The Labute approximate surface area is 144 Å². The zero-order valence-electron chi connectivity index (χ0n) is 14.6. The lowest BCUT2D eigenvalue weighted by Gasteiger charge is -2.17. The lowest BCUT2D eigenvalue weighted by molar-refractivity contribution is 0.300. The normalized spacial score (nSPS) is 12.0. The fourth-order valence-corrected chi connectivity index (χ4v) is 3.86. The average Bonchev–Trinajstić information content (AvgIpc) is 2.99. The maximum Gasteiger partial charge on any atom is 0.244 e. The van der Waals surface area contributed by atoms with Gasteiger partial charge in [-0.3, -0.25) is 4.68 Å². The molecule has 0 amide bonds. The molecule has 0 radical (unpaired) electrons. The summed E-state index contributed by atoms with van der Waals surface area (Å²) in [5, 5.41) is 4.32. The highest BCUT2D eigenvalue weighted by Gasteiger charge is 2.22. The fraction of sp³-hybridized carbons (Fsp3) is 0.471. The predicted octanol–water partition coefficient (Wildman–Crippen LogP) is 2.10. The largest absolute Gasteiger partial charge is 0.304 e. The number of nitrogens with one attached hydrogen (secondary N) is 1. The minimum atomic E-state index is -3.58. The number of aromatic nitrogens is 2. The SMILES string of the molecule is CCN(CC)CCCNS(=O)(=O)c1cn(C)nc1-c1ccccc1. The summed E-state index contributed by atoms with van der Waals surface area (Å²) >= 11 is 0. The van der Waals surface area contributed by atoms with Crippen LogP contribution in [0, 0.1) is 0 Å². The van der Waals surface area contributed by atoms with Crippen LogP contribution in [0.25, 0.3) is 11.3 Å². The molecular formula is C17H26N4O2S. The highest BCUT2D eigenvalue weighted by atomic mass is 32.2. The molecule has 24 heavy (non-hydrogen) atoms. The van der Waals surface area contributed by atoms with Crippen LogP contribution in [0.4, 0.5) is 0 Å². The molecule has 2 aromatic rings. The molecule has 0 spiro atoms. The molecule has 0 aliphatic heterocycles. The smallest absolute Gasteiger partial charge is 0.244 e. The van der Waals surface area contributed by atoms with Crippen LogP contribution in [0.1, 0.15) is 20.3 Å². The summed E-state index contributed by atoms with van der Waals surface area (Å²) in [6.07, 6.45) is 2.33. The topological polar surface area (TPSA) is 67.2 Å². The highest BCUT2D eigenvalue weighted by Crippen LogP contribution is 2.25. The summed E-state index contributed by atoms with van der Waals surface area (Å²) in [5.74, 6) is 0. The zero-order valence-corrected chi connectivity index (χ0v) is 15.4. The van der Waals surface area contributed by atoms with Crippen LogP contribution in [0.3, 0.4) is 0 Å². The second-order valence-corrected chi connectivity index (χ2v) is 7.40. The molecule has 0 atom stereocenters. The van der Waals surface area contributed by atoms with Crippen molar-refractivity contribution in [2.75, 3.05) is 26.2 Å². The molecule has 0 saturated heterocycles. The van der Waals surface area contributed by atoms with E-state index >= 15 is 0 Å². The Morgan fingerprint density at radius 1 is 1.17 bits per heavy atom. The molecular weight excluding hydrogens is 324 g/mol. The number of benzene rings is 1. The Balaban J connectivity index is 2.10. The maximum absolute atomic E-state index is 12.6. The third kappa shape index (κ3) is 4.66. The summed E-state index contributed by atoms with van der Waals surface area (Å²) in [6, 6.07) is 9.37. The van der Waals surface area contributed by atoms with E-state index in [2.05, 4.69) is 28.6 Å². The molecule has 1 aromatic heterocycles. The number of rotatable bonds is 9. The van der Waals surface area contributed by atoms with Crippen LogP contribution in [-0.4, -0.2) is 49.3 Å². The van der Waals surface area contributed by atoms with Gasteiger partial charge in [-0.2, -0.15) is 5.10 Å². The van der Waals surface area contributed by atoms with Gasteiger partial charge in [-0.05, 0) is 26.1 Å². The average molecular weight is 350 g/mol. The number of aryl methyl sites for hydroxylation is 1. The van der Waals surface area contributed by atoms with Gasteiger partial charge < -0.3 is 4.90 Å². The Morgan fingerprint density at radius 3 is 2.46 bits per heavy atom. The van der Waals surface area contributed by atoms with Crippen LogP contribution >= 0.6 is 0 Å². The van der Waals surface area contributed by atoms with Gasteiger partial charge in [-0.1, -0.05) is 44.2 Å². The molecule has 7 heteroatoms. The number of sulfonamides is 1. The summed E-state index contributed by atoms with van der Waals surface area (Å²) < 4.78 is 29.5. The van der Waals surface area contributed by atoms with E-state index in [1.54, 1.807) is 13.2 Å². The predicted molar refractivity (Wildman–Crippen MR) is 96.2 cm³/mol. The Kier molecular flexibility index (Phi) is 6.53. The Bertz CT molecular complexity index is 737. The van der Waals surface area contributed by atoms with Crippen molar-refractivity contribution in [2.24, 2.45) is 7.05 Å². The van der Waals surface area contributed by atoms with Crippen molar-refractivity contribution >= 4 is 10.0 Å². The molecule has 1 N–H and O–H groups in total. The molecule has 0 bridgehead atoms. The highest BCUT2D eigenvalue weighted by molar-refractivity contribution is 7.89. The van der Waals surface area contributed by atoms with E-state index in [1.807, 2.05) is 30.3 Å². The third-order valence-electron chi connectivity index (χ3n) is 3.97. The van der Waals surface area contributed by atoms with Crippen LogP contribution in [-0.2, 0) is 17.1 Å². The van der Waals surface area contributed by atoms with Gasteiger partial charge >= 0.3 is 0 Å². The van der Waals surface area contributed by atoms with Gasteiger partial charge in [0.25, 0.3) is 0 Å². The molecule has 0 aliphatic rings. The van der Waals surface area contributed by atoms with Gasteiger partial charge in [-0.25, -0.2) is 13.1 Å². The molecule has 1 aromatic carbocycles. The van der Waals surface area contributed by atoms with Crippen molar-refractivity contribution in [3.63, 3.8) is 0 Å². The first-order valence-corrected chi connectivity index (χ1v) is 9.77. The Morgan fingerprint density at radius 2 is 1.83 bits per heavy atom. The van der Waals surface area contributed by atoms with E-state index in [9.17, 15) is 8.42 Å². The van der Waals surface area contributed by atoms with Crippen molar-refractivity contribution in [1.82, 2.24) is 19.4 Å². The lowest BCUT2D eigenvalue weighted by Crippen LogP contribution is -2.30. The maximum atomic E-state index is 12.6. The van der Waals surface area contributed by atoms with Gasteiger partial charge in [0.1, 0.15) is 10.6 Å². The summed E-state index contributed by atoms with van der Waals surface area (Å²) in [4.78, 5) is 2.49. The summed E-state index contributed by atoms with van der Waals surface area (Å²) in [6.45, 7) is 7.47. The molecule has 2 rings (SSSR count). The monoisotopic (exact) mass is 350 g/mol. The standard InChI is InChI=1S/C17H26N4O2S/c1-4-21(5-2)13-9-12-18-24(22,23)16-14-20(3)19-17(16)15-10-7-6-8-11-15/h6-8,10-11,14,18H,4-5,9,12-13H2,1-3H3. The van der Waals surface area contributed by atoms with Crippen molar-refractivity contribution < 1.29 is 8.42 Å². The molecule has 132 valence electrons. The van der Waals surface area contributed by atoms with Crippen molar-refractivity contribution in [3.8, 4) is 11.3 Å². The third-order valence-corrected chi connectivity index (χ3v) is 5.43. The summed E-state index contributed by atoms with van der Waals surface area (Å²) in [7, 11) is -1.85. The molecule has 1 heterocycles. The van der Waals surface area contributed by atoms with Crippen molar-refractivity contribution in [3.05, 3.63) is 36.5 Å². The van der Waals surface area contributed by atoms with Gasteiger partial charge in [0.05, 0.1) is 0 Å². The van der Waals surface area contributed by atoms with E-state index < -0.39 is 10.0 Å². The summed E-state index contributed by atoms with van der Waals surface area (Å²) in [5.41, 5.74) is 1.27. The van der Waals surface area contributed by atoms with Gasteiger partial charge in [-0.15, -0.1) is 0 Å². The number of hydrogen-bond donors (Lipinski definition) is 1. The van der Waals surface area contributed by atoms with E-state index in [4.69, 9.17) is 0 Å². The molecule has 0 aliphatic carbocycles. The van der Waals surface area contributed by atoms with E-state index in [-0.39, 0.29) is 4.90 Å². The van der Waals surface area contributed by atoms with E-state index in [0.29, 0.717) is 12.2 Å². The van der Waals surface area contributed by atoms with Gasteiger partial charge in [0.15, 0.2) is 0 Å². The van der Waals surface area contributed by atoms with Crippen LogP contribution in [0.2, 0.25) is 0 Å². The minimum Gasteiger partial charge on any atom is -0.304 e. The first-order chi connectivity index (χ1) is 11.5. The fourth-order valence-electron chi connectivity index (χ4n) is 2.59.